The zero-order valence-corrected chi connectivity index (χ0v) is 11.5. The van der Waals surface area contributed by atoms with Gasteiger partial charge in [0.15, 0.2) is 0 Å². The zero-order valence-electron chi connectivity index (χ0n) is 11.5. The van der Waals surface area contributed by atoms with E-state index >= 15 is 0 Å². The van der Waals surface area contributed by atoms with Gasteiger partial charge in [0.1, 0.15) is 0 Å². The second kappa shape index (κ2) is 5.00. The Balaban J connectivity index is 1.91. The summed E-state index contributed by atoms with van der Waals surface area (Å²) in [6.45, 7) is 3.90. The summed E-state index contributed by atoms with van der Waals surface area (Å²) < 4.78 is 0. The molecular weight excluding hydrogens is 250 g/mol. The lowest BCUT2D eigenvalue weighted by Crippen LogP contribution is -2.20. The van der Waals surface area contributed by atoms with Crippen molar-refractivity contribution in [2.75, 3.05) is 11.4 Å². The molecule has 0 amide bonds. The summed E-state index contributed by atoms with van der Waals surface area (Å²) >= 11 is 0. The van der Waals surface area contributed by atoms with E-state index in [1.165, 1.54) is 16.7 Å². The molecular formula is C17H17NO2. The highest BCUT2D eigenvalue weighted by atomic mass is 16.4. The van der Waals surface area contributed by atoms with Gasteiger partial charge in [0.05, 0.1) is 5.56 Å². The zero-order chi connectivity index (χ0) is 14.1. The summed E-state index contributed by atoms with van der Waals surface area (Å²) in [5, 5.41) is 9.12. The van der Waals surface area contributed by atoms with E-state index in [0.29, 0.717) is 5.56 Å². The van der Waals surface area contributed by atoms with E-state index in [1.807, 2.05) is 18.2 Å². The Bertz CT molecular complexity index is 664. The highest BCUT2D eigenvalue weighted by Crippen LogP contribution is 2.30. The molecule has 0 aromatic heterocycles. The summed E-state index contributed by atoms with van der Waals surface area (Å²) in [6.07, 6.45) is 0.987. The van der Waals surface area contributed by atoms with Crippen molar-refractivity contribution in [1.82, 2.24) is 0 Å². The first-order valence-corrected chi connectivity index (χ1v) is 6.81. The topological polar surface area (TPSA) is 40.5 Å². The van der Waals surface area contributed by atoms with Gasteiger partial charge in [-0.25, -0.2) is 4.79 Å². The number of nitrogens with zero attached hydrogens (tertiary/aromatic N) is 1. The Morgan fingerprint density at radius 2 is 2.05 bits per heavy atom. The van der Waals surface area contributed by atoms with Gasteiger partial charge >= 0.3 is 5.97 Å². The van der Waals surface area contributed by atoms with E-state index in [0.717, 1.165) is 25.2 Å². The minimum Gasteiger partial charge on any atom is -0.478 e. The largest absolute Gasteiger partial charge is 0.478 e. The van der Waals surface area contributed by atoms with E-state index in [9.17, 15) is 4.79 Å². The Hall–Kier alpha value is -2.29. The van der Waals surface area contributed by atoms with Gasteiger partial charge in [-0.05, 0) is 42.2 Å². The maximum Gasteiger partial charge on any atom is 0.335 e. The molecule has 1 aliphatic rings. The molecule has 0 saturated heterocycles. The third kappa shape index (κ3) is 2.27. The Kier molecular flexibility index (Phi) is 3.18. The van der Waals surface area contributed by atoms with E-state index in [-0.39, 0.29) is 0 Å². The number of aryl methyl sites for hydroxylation is 1. The number of carboxylic acids is 1. The molecule has 0 radical (unpaired) electrons. The fourth-order valence-electron chi connectivity index (χ4n) is 2.74. The lowest BCUT2D eigenvalue weighted by molar-refractivity contribution is 0.0697. The molecule has 1 N–H and O–H groups in total. The van der Waals surface area contributed by atoms with Crippen LogP contribution in [0, 0.1) is 6.92 Å². The summed E-state index contributed by atoms with van der Waals surface area (Å²) in [4.78, 5) is 13.4. The van der Waals surface area contributed by atoms with Crippen molar-refractivity contribution in [2.24, 2.45) is 0 Å². The molecule has 1 aliphatic heterocycles. The summed E-state index contributed by atoms with van der Waals surface area (Å²) in [5.41, 5.74) is 5.23. The summed E-state index contributed by atoms with van der Waals surface area (Å²) in [6, 6.07) is 13.8. The van der Waals surface area contributed by atoms with Crippen molar-refractivity contribution in [2.45, 2.75) is 19.9 Å². The predicted molar refractivity (Wildman–Crippen MR) is 79.3 cm³/mol. The van der Waals surface area contributed by atoms with Crippen molar-refractivity contribution in [3.63, 3.8) is 0 Å². The Morgan fingerprint density at radius 3 is 2.80 bits per heavy atom. The van der Waals surface area contributed by atoms with Gasteiger partial charge < -0.3 is 10.0 Å². The monoisotopic (exact) mass is 267 g/mol. The first-order valence-electron chi connectivity index (χ1n) is 6.81. The molecule has 2 aromatic carbocycles. The molecule has 0 unspecified atom stereocenters. The number of carboxylic acid groups (broad SMARTS) is 1. The quantitative estimate of drug-likeness (QED) is 0.928. The Labute approximate surface area is 118 Å². The second-order valence-electron chi connectivity index (χ2n) is 5.25. The average molecular weight is 267 g/mol. The van der Waals surface area contributed by atoms with Crippen LogP contribution in [0.25, 0.3) is 0 Å². The molecule has 0 saturated carbocycles. The van der Waals surface area contributed by atoms with Crippen LogP contribution in [0.3, 0.4) is 0 Å². The summed E-state index contributed by atoms with van der Waals surface area (Å²) in [5.74, 6) is -0.865. The molecule has 20 heavy (non-hydrogen) atoms. The lowest BCUT2D eigenvalue weighted by Gasteiger charge is -2.21. The van der Waals surface area contributed by atoms with Gasteiger partial charge in [0.25, 0.3) is 0 Å². The van der Waals surface area contributed by atoms with Crippen molar-refractivity contribution in [1.29, 1.82) is 0 Å². The number of aromatic carboxylic acids is 1. The predicted octanol–water partition coefficient (Wildman–Crippen LogP) is 3.26. The normalized spacial score (nSPS) is 13.3. The van der Waals surface area contributed by atoms with Crippen molar-refractivity contribution in [3.8, 4) is 0 Å². The SMILES string of the molecule is Cc1ccccc1CN1CCc2ccc(C(=O)O)cc21. The van der Waals surface area contributed by atoms with Gasteiger partial charge in [-0.2, -0.15) is 0 Å². The number of hydrogen-bond acceptors (Lipinski definition) is 2. The van der Waals surface area contributed by atoms with E-state index < -0.39 is 5.97 Å². The minimum atomic E-state index is -0.865. The highest BCUT2D eigenvalue weighted by Gasteiger charge is 2.21. The number of anilines is 1. The fraction of sp³-hybridized carbons (Fsp3) is 0.235. The van der Waals surface area contributed by atoms with Crippen LogP contribution in [-0.4, -0.2) is 17.6 Å². The molecule has 1 heterocycles. The van der Waals surface area contributed by atoms with Gasteiger partial charge in [-0.3, -0.25) is 0 Å². The molecule has 2 aromatic rings. The first-order chi connectivity index (χ1) is 9.65. The number of rotatable bonds is 3. The van der Waals surface area contributed by atoms with Gasteiger partial charge in [-0.15, -0.1) is 0 Å². The maximum atomic E-state index is 11.1. The molecule has 0 aliphatic carbocycles. The van der Waals surface area contributed by atoms with E-state index in [2.05, 4.69) is 24.0 Å². The van der Waals surface area contributed by atoms with Crippen LogP contribution in [0.15, 0.2) is 42.5 Å². The highest BCUT2D eigenvalue weighted by molar-refractivity contribution is 5.89. The third-order valence-corrected chi connectivity index (χ3v) is 3.95. The smallest absolute Gasteiger partial charge is 0.335 e. The lowest BCUT2D eigenvalue weighted by atomic mass is 10.1. The summed E-state index contributed by atoms with van der Waals surface area (Å²) in [7, 11) is 0. The molecule has 0 spiro atoms. The number of carbonyl (C=O) groups is 1. The standard InChI is InChI=1S/C17H17NO2/c1-12-4-2-3-5-15(12)11-18-9-8-13-6-7-14(17(19)20)10-16(13)18/h2-7,10H,8-9,11H2,1H3,(H,19,20). The van der Waals surface area contributed by atoms with Crippen molar-refractivity contribution >= 4 is 11.7 Å². The van der Waals surface area contributed by atoms with Crippen LogP contribution in [0.5, 0.6) is 0 Å². The van der Waals surface area contributed by atoms with Crippen LogP contribution in [0.4, 0.5) is 5.69 Å². The maximum absolute atomic E-state index is 11.1. The van der Waals surface area contributed by atoms with Crippen LogP contribution in [0.1, 0.15) is 27.0 Å². The molecule has 3 rings (SSSR count). The van der Waals surface area contributed by atoms with E-state index in [1.54, 1.807) is 12.1 Å². The minimum absolute atomic E-state index is 0.362. The van der Waals surface area contributed by atoms with Gasteiger partial charge in [0, 0.05) is 18.8 Å². The third-order valence-electron chi connectivity index (χ3n) is 3.95. The molecule has 0 atom stereocenters. The van der Waals surface area contributed by atoms with E-state index in [4.69, 9.17) is 5.11 Å². The first kappa shape index (κ1) is 12.7. The molecule has 3 heteroatoms. The average Bonchev–Trinajstić information content (AvgIpc) is 2.84. The van der Waals surface area contributed by atoms with Crippen LogP contribution in [-0.2, 0) is 13.0 Å². The number of hydrogen-bond donors (Lipinski definition) is 1. The molecule has 102 valence electrons. The number of fused-ring (bicyclic) bond motifs is 1. The van der Waals surface area contributed by atoms with Gasteiger partial charge in [0.2, 0.25) is 0 Å². The van der Waals surface area contributed by atoms with Crippen LogP contribution in [0.2, 0.25) is 0 Å². The van der Waals surface area contributed by atoms with Gasteiger partial charge in [-0.1, -0.05) is 30.3 Å². The fourth-order valence-corrected chi connectivity index (χ4v) is 2.74. The van der Waals surface area contributed by atoms with Crippen molar-refractivity contribution < 1.29 is 9.90 Å². The van der Waals surface area contributed by atoms with Crippen molar-refractivity contribution in [3.05, 3.63) is 64.7 Å². The second-order valence-corrected chi connectivity index (χ2v) is 5.25. The molecule has 3 nitrogen and oxygen atoms in total. The Morgan fingerprint density at radius 1 is 1.25 bits per heavy atom. The van der Waals surface area contributed by atoms with Crippen LogP contribution < -0.4 is 4.90 Å². The van der Waals surface area contributed by atoms with Crippen LogP contribution >= 0.6 is 0 Å². The molecule has 0 fully saturated rings. The molecule has 0 bridgehead atoms. The number of benzene rings is 2.